The van der Waals surface area contributed by atoms with Gasteiger partial charge in [0, 0.05) is 26.2 Å². The zero-order valence-corrected chi connectivity index (χ0v) is 14.4. The molecular weight excluding hydrogens is 260 g/mol. The standard InChI is InChI=1S/C18H36N2O/c1-4-9-19-18-7-6-15(5-2)11-17(18)13-20-10-8-16(12-20)14-21-3/h15-19H,4-14H2,1-3H3. The Bertz CT molecular complexity index is 284. The minimum Gasteiger partial charge on any atom is -0.384 e. The quantitative estimate of drug-likeness (QED) is 0.744. The maximum Gasteiger partial charge on any atom is 0.0503 e. The molecule has 0 radical (unpaired) electrons. The molecule has 1 aliphatic heterocycles. The Morgan fingerprint density at radius 1 is 1.14 bits per heavy atom. The van der Waals surface area contributed by atoms with Crippen LogP contribution >= 0.6 is 0 Å². The van der Waals surface area contributed by atoms with Gasteiger partial charge in [-0.1, -0.05) is 20.3 Å². The summed E-state index contributed by atoms with van der Waals surface area (Å²) in [7, 11) is 1.83. The van der Waals surface area contributed by atoms with Crippen LogP contribution < -0.4 is 5.32 Å². The van der Waals surface area contributed by atoms with Gasteiger partial charge < -0.3 is 15.0 Å². The van der Waals surface area contributed by atoms with E-state index < -0.39 is 0 Å². The molecule has 1 heterocycles. The molecule has 3 heteroatoms. The Labute approximate surface area is 131 Å². The molecule has 1 saturated heterocycles. The van der Waals surface area contributed by atoms with E-state index in [1.54, 1.807) is 0 Å². The van der Waals surface area contributed by atoms with Crippen LogP contribution in [0.2, 0.25) is 0 Å². The monoisotopic (exact) mass is 296 g/mol. The molecule has 4 unspecified atom stereocenters. The second-order valence-electron chi connectivity index (χ2n) is 7.28. The Morgan fingerprint density at radius 2 is 2.00 bits per heavy atom. The minimum absolute atomic E-state index is 0.759. The van der Waals surface area contributed by atoms with Crippen molar-refractivity contribution >= 4 is 0 Å². The molecule has 1 N–H and O–H groups in total. The molecule has 21 heavy (non-hydrogen) atoms. The number of hydrogen-bond acceptors (Lipinski definition) is 3. The summed E-state index contributed by atoms with van der Waals surface area (Å²) in [5, 5.41) is 3.82. The smallest absolute Gasteiger partial charge is 0.0503 e. The first-order valence-corrected chi connectivity index (χ1v) is 9.21. The fourth-order valence-electron chi connectivity index (χ4n) is 4.31. The number of hydrogen-bond donors (Lipinski definition) is 1. The van der Waals surface area contributed by atoms with Gasteiger partial charge in [-0.05, 0) is 62.9 Å². The summed E-state index contributed by atoms with van der Waals surface area (Å²) in [5.41, 5.74) is 0. The molecule has 3 nitrogen and oxygen atoms in total. The van der Waals surface area contributed by atoms with Gasteiger partial charge in [0.2, 0.25) is 0 Å². The predicted octanol–water partition coefficient (Wildman–Crippen LogP) is 3.15. The molecule has 0 bridgehead atoms. The zero-order valence-electron chi connectivity index (χ0n) is 14.4. The van der Waals surface area contributed by atoms with Crippen LogP contribution in [-0.2, 0) is 4.74 Å². The SMILES string of the molecule is CCCNC1CCC(CC)CC1CN1CCC(COC)C1. The van der Waals surface area contributed by atoms with Gasteiger partial charge in [0.1, 0.15) is 0 Å². The van der Waals surface area contributed by atoms with Crippen molar-refractivity contribution in [3.8, 4) is 0 Å². The number of rotatable bonds is 8. The summed E-state index contributed by atoms with van der Waals surface area (Å²) in [4.78, 5) is 2.70. The molecule has 2 rings (SSSR count). The van der Waals surface area contributed by atoms with Crippen molar-refractivity contribution in [2.24, 2.45) is 17.8 Å². The Kier molecular flexibility index (Phi) is 7.48. The Morgan fingerprint density at radius 3 is 2.71 bits per heavy atom. The molecule has 0 amide bonds. The van der Waals surface area contributed by atoms with E-state index in [1.165, 1.54) is 64.7 Å². The summed E-state index contributed by atoms with van der Waals surface area (Å²) in [6.07, 6.45) is 8.19. The van der Waals surface area contributed by atoms with Gasteiger partial charge in [-0.2, -0.15) is 0 Å². The van der Waals surface area contributed by atoms with Crippen LogP contribution in [0.5, 0.6) is 0 Å². The van der Waals surface area contributed by atoms with Crippen molar-refractivity contribution < 1.29 is 4.74 Å². The molecule has 0 aromatic rings. The van der Waals surface area contributed by atoms with Gasteiger partial charge >= 0.3 is 0 Å². The highest BCUT2D eigenvalue weighted by Gasteiger charge is 2.32. The summed E-state index contributed by atoms with van der Waals surface area (Å²) < 4.78 is 5.33. The highest BCUT2D eigenvalue weighted by Crippen LogP contribution is 2.33. The van der Waals surface area contributed by atoms with E-state index in [9.17, 15) is 0 Å². The van der Waals surface area contributed by atoms with E-state index in [0.29, 0.717) is 0 Å². The Hall–Kier alpha value is -0.120. The van der Waals surface area contributed by atoms with Crippen LogP contribution in [0.4, 0.5) is 0 Å². The fourth-order valence-corrected chi connectivity index (χ4v) is 4.31. The normalized spacial score (nSPS) is 34.4. The zero-order chi connectivity index (χ0) is 15.1. The van der Waals surface area contributed by atoms with Crippen LogP contribution in [0, 0.1) is 17.8 Å². The summed E-state index contributed by atoms with van der Waals surface area (Å²) in [6, 6.07) is 0.759. The summed E-state index contributed by atoms with van der Waals surface area (Å²) in [5.74, 6) is 2.59. The highest BCUT2D eigenvalue weighted by molar-refractivity contribution is 4.88. The molecular formula is C18H36N2O. The van der Waals surface area contributed by atoms with Gasteiger partial charge in [0.05, 0.1) is 6.61 Å². The first-order chi connectivity index (χ1) is 10.3. The molecule has 4 atom stereocenters. The molecule has 124 valence electrons. The van der Waals surface area contributed by atoms with Gasteiger partial charge in [0.15, 0.2) is 0 Å². The first kappa shape index (κ1) is 17.2. The molecule has 2 fully saturated rings. The lowest BCUT2D eigenvalue weighted by Crippen LogP contribution is -2.45. The highest BCUT2D eigenvalue weighted by atomic mass is 16.5. The molecule has 0 spiro atoms. The number of ether oxygens (including phenoxy) is 1. The van der Waals surface area contributed by atoms with Crippen LogP contribution in [-0.4, -0.2) is 50.8 Å². The molecule has 1 saturated carbocycles. The largest absolute Gasteiger partial charge is 0.384 e. The molecule has 0 aromatic carbocycles. The topological polar surface area (TPSA) is 24.5 Å². The summed E-state index contributed by atoms with van der Waals surface area (Å²) >= 11 is 0. The van der Waals surface area contributed by atoms with E-state index in [1.807, 2.05) is 7.11 Å². The number of nitrogens with one attached hydrogen (secondary N) is 1. The van der Waals surface area contributed by atoms with Crippen molar-refractivity contribution in [3.05, 3.63) is 0 Å². The van der Waals surface area contributed by atoms with Gasteiger partial charge in [-0.25, -0.2) is 0 Å². The van der Waals surface area contributed by atoms with Crippen LogP contribution in [0.15, 0.2) is 0 Å². The average Bonchev–Trinajstić information content (AvgIpc) is 2.93. The van der Waals surface area contributed by atoms with E-state index in [-0.39, 0.29) is 0 Å². The van der Waals surface area contributed by atoms with Gasteiger partial charge in [-0.15, -0.1) is 0 Å². The van der Waals surface area contributed by atoms with Crippen molar-refractivity contribution in [2.75, 3.05) is 39.9 Å². The second-order valence-corrected chi connectivity index (χ2v) is 7.28. The third-order valence-corrected chi connectivity index (χ3v) is 5.59. The Balaban J connectivity index is 1.84. The van der Waals surface area contributed by atoms with Crippen LogP contribution in [0.25, 0.3) is 0 Å². The maximum absolute atomic E-state index is 5.33. The lowest BCUT2D eigenvalue weighted by atomic mass is 9.76. The number of methoxy groups -OCH3 is 1. The third kappa shape index (κ3) is 5.22. The first-order valence-electron chi connectivity index (χ1n) is 9.21. The predicted molar refractivity (Wildman–Crippen MR) is 89.6 cm³/mol. The van der Waals surface area contributed by atoms with Crippen LogP contribution in [0.1, 0.15) is 52.4 Å². The van der Waals surface area contributed by atoms with Crippen molar-refractivity contribution in [1.29, 1.82) is 0 Å². The van der Waals surface area contributed by atoms with Gasteiger partial charge in [0.25, 0.3) is 0 Å². The van der Waals surface area contributed by atoms with Crippen molar-refractivity contribution in [1.82, 2.24) is 10.2 Å². The van der Waals surface area contributed by atoms with Gasteiger partial charge in [-0.3, -0.25) is 0 Å². The fraction of sp³-hybridized carbons (Fsp3) is 1.00. The second kappa shape index (κ2) is 9.12. The van der Waals surface area contributed by atoms with E-state index in [2.05, 4.69) is 24.1 Å². The average molecular weight is 296 g/mol. The van der Waals surface area contributed by atoms with E-state index in [0.717, 1.165) is 30.4 Å². The van der Waals surface area contributed by atoms with E-state index in [4.69, 9.17) is 4.74 Å². The minimum atomic E-state index is 0.759. The summed E-state index contributed by atoms with van der Waals surface area (Å²) in [6.45, 7) is 10.6. The molecule has 2 aliphatic rings. The van der Waals surface area contributed by atoms with Crippen molar-refractivity contribution in [2.45, 2.75) is 58.4 Å². The number of nitrogens with zero attached hydrogens (tertiary/aromatic N) is 1. The lowest BCUT2D eigenvalue weighted by molar-refractivity contribution is 0.133. The van der Waals surface area contributed by atoms with Crippen LogP contribution in [0.3, 0.4) is 0 Å². The third-order valence-electron chi connectivity index (χ3n) is 5.59. The maximum atomic E-state index is 5.33. The molecule has 1 aliphatic carbocycles. The van der Waals surface area contributed by atoms with Crippen molar-refractivity contribution in [3.63, 3.8) is 0 Å². The number of likely N-dealkylation sites (tertiary alicyclic amines) is 1. The van der Waals surface area contributed by atoms with E-state index >= 15 is 0 Å². The lowest BCUT2D eigenvalue weighted by Gasteiger charge is -2.38. The molecule has 0 aromatic heterocycles.